The SMILES string of the molecule is Cc1sc2c(c1C)C(c1ccc(Cl)cc1)=NC(CC(=O)Nc1ccc(N=Nc3ccc(NC(=O)COc4cccc5c4C(=O)N(C4CCC(=O)NC4=O)C5=O)cc3)cc1)c1nnc(C)n1-2. The summed E-state index contributed by atoms with van der Waals surface area (Å²) in [6.45, 7) is 5.56. The van der Waals surface area contributed by atoms with Crippen LogP contribution in [0.1, 0.15) is 79.2 Å². The minimum Gasteiger partial charge on any atom is -0.483 e. The maximum Gasteiger partial charge on any atom is 0.266 e. The van der Waals surface area contributed by atoms with E-state index in [-0.39, 0.29) is 42.0 Å². The molecular formula is C46H37ClN10O7S. The second-order valence-electron chi connectivity index (χ2n) is 15.4. The molecule has 3 N–H and O–H groups in total. The Balaban J connectivity index is 0.803. The van der Waals surface area contributed by atoms with Crippen LogP contribution in [0.2, 0.25) is 5.02 Å². The summed E-state index contributed by atoms with van der Waals surface area (Å²) in [6, 6.07) is 23.6. The van der Waals surface area contributed by atoms with Crippen LogP contribution in [-0.4, -0.2) is 73.5 Å². The lowest BCUT2D eigenvalue weighted by atomic mass is 9.99. The Kier molecular flexibility index (Phi) is 11.4. The van der Waals surface area contributed by atoms with Crippen LogP contribution in [0.15, 0.2) is 106 Å². The second-order valence-corrected chi connectivity index (χ2v) is 17.1. The molecule has 2 aromatic heterocycles. The molecule has 4 aromatic carbocycles. The van der Waals surface area contributed by atoms with E-state index < -0.39 is 48.2 Å². The Bertz CT molecular complexity index is 3020. The van der Waals surface area contributed by atoms with Crippen LogP contribution in [0.25, 0.3) is 5.00 Å². The molecule has 0 radical (unpaired) electrons. The monoisotopic (exact) mass is 908 g/mol. The molecule has 2 atom stereocenters. The summed E-state index contributed by atoms with van der Waals surface area (Å²) in [5.74, 6) is -2.13. The van der Waals surface area contributed by atoms with Crippen molar-refractivity contribution in [3.63, 3.8) is 0 Å². The molecule has 17 nitrogen and oxygen atoms in total. The summed E-state index contributed by atoms with van der Waals surface area (Å²) >= 11 is 7.88. The van der Waals surface area contributed by atoms with Crippen molar-refractivity contribution in [2.75, 3.05) is 17.2 Å². The van der Waals surface area contributed by atoms with E-state index in [2.05, 4.69) is 50.2 Å². The molecule has 1 saturated heterocycles. The molecule has 6 amide bonds. The highest BCUT2D eigenvalue weighted by molar-refractivity contribution is 7.15. The lowest BCUT2D eigenvalue weighted by Gasteiger charge is -2.27. The predicted molar refractivity (Wildman–Crippen MR) is 241 cm³/mol. The van der Waals surface area contributed by atoms with Crippen LogP contribution in [0.5, 0.6) is 5.75 Å². The highest BCUT2D eigenvalue weighted by Gasteiger charge is 2.46. The Morgan fingerprint density at radius 3 is 2.15 bits per heavy atom. The smallest absolute Gasteiger partial charge is 0.266 e. The Hall–Kier alpha value is -7.70. The molecule has 1 fully saturated rings. The molecule has 3 aliphatic rings. The zero-order chi connectivity index (χ0) is 45.5. The van der Waals surface area contributed by atoms with Crippen molar-refractivity contribution in [3.8, 4) is 10.8 Å². The number of halogens is 1. The molecule has 6 aromatic rings. The number of benzene rings is 4. The number of azo groups is 1. The normalized spacial score (nSPS) is 16.7. The van der Waals surface area contributed by atoms with Gasteiger partial charge in [-0.05, 0) is 106 Å². The highest BCUT2D eigenvalue weighted by atomic mass is 35.5. The number of rotatable bonds is 11. The molecule has 2 unspecified atom stereocenters. The number of amides is 6. The van der Waals surface area contributed by atoms with Crippen LogP contribution < -0.4 is 20.7 Å². The number of aromatic nitrogens is 3. The summed E-state index contributed by atoms with van der Waals surface area (Å²) in [7, 11) is 0. The van der Waals surface area contributed by atoms with Gasteiger partial charge in [0.05, 0.1) is 34.6 Å². The number of imide groups is 2. The minimum absolute atomic E-state index is 0.00852. The van der Waals surface area contributed by atoms with Gasteiger partial charge < -0.3 is 15.4 Å². The van der Waals surface area contributed by atoms with Gasteiger partial charge in [0.25, 0.3) is 17.7 Å². The van der Waals surface area contributed by atoms with Crippen molar-refractivity contribution < 1.29 is 33.5 Å². The number of carbonyl (C=O) groups excluding carboxylic acids is 6. The van der Waals surface area contributed by atoms with Crippen LogP contribution in [0.4, 0.5) is 22.7 Å². The zero-order valence-electron chi connectivity index (χ0n) is 34.9. The largest absolute Gasteiger partial charge is 0.483 e. The van der Waals surface area contributed by atoms with Gasteiger partial charge >= 0.3 is 0 Å². The van der Waals surface area contributed by atoms with Crippen LogP contribution in [-0.2, 0) is 19.2 Å². The molecule has 19 heteroatoms. The third-order valence-corrected chi connectivity index (χ3v) is 12.6. The Morgan fingerprint density at radius 2 is 1.49 bits per heavy atom. The summed E-state index contributed by atoms with van der Waals surface area (Å²) in [4.78, 5) is 84.1. The van der Waals surface area contributed by atoms with E-state index in [0.29, 0.717) is 39.4 Å². The molecule has 65 heavy (non-hydrogen) atoms. The number of thiophene rings is 1. The fraction of sp³-hybridized carbons (Fsp3) is 0.196. The van der Waals surface area contributed by atoms with Gasteiger partial charge in [-0.3, -0.25) is 48.5 Å². The standard InChI is InChI=1S/C46H37ClN10O7S/c1-23-24(2)65-46-39(23)41(26-7-9-27(47)10-8-26)50-33(42-55-52-25(3)56(42)46)21-37(59)48-28-11-15-30(16-12-28)53-54-31-17-13-29(14-18-31)49-38(60)22-64-35-6-4-5-32-40(35)45(63)57(44(32)62)34-19-20-36(58)51-43(34)61/h4-18,33-34H,19-22H2,1-3H3,(H,48,59)(H,49,60)(H,51,58,61). The first-order valence-electron chi connectivity index (χ1n) is 20.4. The number of hydrogen-bond donors (Lipinski definition) is 3. The van der Waals surface area contributed by atoms with E-state index >= 15 is 0 Å². The summed E-state index contributed by atoms with van der Waals surface area (Å²) in [5.41, 5.74) is 5.74. The van der Waals surface area contributed by atoms with Gasteiger partial charge in [0.1, 0.15) is 28.7 Å². The lowest BCUT2D eigenvalue weighted by Crippen LogP contribution is -2.54. The Labute approximate surface area is 379 Å². The van der Waals surface area contributed by atoms with Crippen molar-refractivity contribution in [2.45, 2.75) is 52.1 Å². The third-order valence-electron chi connectivity index (χ3n) is 11.1. The number of piperidine rings is 1. The highest BCUT2D eigenvalue weighted by Crippen LogP contribution is 2.40. The average Bonchev–Trinajstić information content (AvgIpc) is 3.87. The second kappa shape index (κ2) is 17.5. The lowest BCUT2D eigenvalue weighted by molar-refractivity contribution is -0.136. The summed E-state index contributed by atoms with van der Waals surface area (Å²) in [5, 5.41) is 26.9. The number of nitrogens with zero attached hydrogens (tertiary/aromatic N) is 7. The van der Waals surface area contributed by atoms with Gasteiger partial charge in [-0.2, -0.15) is 10.2 Å². The van der Waals surface area contributed by atoms with Gasteiger partial charge in [0.2, 0.25) is 17.7 Å². The molecule has 0 saturated carbocycles. The number of nitrogens with one attached hydrogen (secondary N) is 3. The van der Waals surface area contributed by atoms with Gasteiger partial charge in [-0.1, -0.05) is 29.8 Å². The van der Waals surface area contributed by atoms with Gasteiger partial charge in [-0.15, -0.1) is 21.5 Å². The molecule has 9 rings (SSSR count). The fourth-order valence-corrected chi connectivity index (χ4v) is 9.14. The van der Waals surface area contributed by atoms with Crippen molar-refractivity contribution in [3.05, 3.63) is 140 Å². The number of carbonyl (C=O) groups is 6. The first kappa shape index (κ1) is 42.6. The van der Waals surface area contributed by atoms with Gasteiger partial charge in [-0.25, -0.2) is 0 Å². The number of anilines is 2. The molecule has 0 bridgehead atoms. The van der Waals surface area contributed by atoms with Crippen molar-refractivity contribution in [1.29, 1.82) is 0 Å². The maximum absolute atomic E-state index is 13.6. The first-order valence-corrected chi connectivity index (χ1v) is 21.6. The van der Waals surface area contributed by atoms with Crippen LogP contribution >= 0.6 is 22.9 Å². The zero-order valence-corrected chi connectivity index (χ0v) is 36.5. The maximum atomic E-state index is 13.6. The fourth-order valence-electron chi connectivity index (χ4n) is 7.80. The van der Waals surface area contributed by atoms with E-state index in [1.807, 2.05) is 35.8 Å². The molecule has 3 aliphatic heterocycles. The molecule has 0 spiro atoms. The van der Waals surface area contributed by atoms with Crippen LogP contribution in [0, 0.1) is 20.8 Å². The van der Waals surface area contributed by atoms with E-state index in [0.717, 1.165) is 37.2 Å². The van der Waals surface area contributed by atoms with Crippen molar-refractivity contribution in [2.24, 2.45) is 15.2 Å². The quantitative estimate of drug-likeness (QED) is 0.0857. The van der Waals surface area contributed by atoms with Crippen molar-refractivity contribution in [1.82, 2.24) is 25.0 Å². The Morgan fingerprint density at radius 1 is 0.831 bits per heavy atom. The van der Waals surface area contributed by atoms with E-state index in [1.54, 1.807) is 59.9 Å². The van der Waals surface area contributed by atoms with Gasteiger partial charge in [0, 0.05) is 38.8 Å². The number of hydrogen-bond acceptors (Lipinski definition) is 13. The number of aryl methyl sites for hydroxylation is 2. The molecule has 0 aliphatic carbocycles. The van der Waals surface area contributed by atoms with E-state index in [1.165, 1.54) is 18.2 Å². The summed E-state index contributed by atoms with van der Waals surface area (Å²) in [6.07, 6.45) is 0.0176. The number of ether oxygens (including phenoxy) is 1. The summed E-state index contributed by atoms with van der Waals surface area (Å²) < 4.78 is 7.67. The average molecular weight is 909 g/mol. The van der Waals surface area contributed by atoms with E-state index in [4.69, 9.17) is 21.3 Å². The topological polar surface area (TPSA) is 219 Å². The van der Waals surface area contributed by atoms with Crippen LogP contribution in [0.3, 0.4) is 0 Å². The van der Waals surface area contributed by atoms with E-state index in [9.17, 15) is 28.8 Å². The first-order chi connectivity index (χ1) is 31.3. The van der Waals surface area contributed by atoms with Gasteiger partial charge in [0.15, 0.2) is 12.4 Å². The molecular weight excluding hydrogens is 872 g/mol. The predicted octanol–water partition coefficient (Wildman–Crippen LogP) is 7.66. The third kappa shape index (κ3) is 8.43. The number of aliphatic imine (C=N–C) groups is 1. The minimum atomic E-state index is -1.13. The molecule has 326 valence electrons. The van der Waals surface area contributed by atoms with Crippen molar-refractivity contribution >= 4 is 86.8 Å². The number of fused-ring (bicyclic) bond motifs is 4. The molecule has 5 heterocycles.